The Hall–Kier alpha value is -0.220. The first-order chi connectivity index (χ1) is 7.56. The summed E-state index contributed by atoms with van der Waals surface area (Å²) in [5, 5.41) is 6.33. The standard InChI is InChI=1S/C12H26N2OS/c1-10(2)13-8-5-6-12(15)14-11(3)7-9-16-4/h10-11,13H,5-9H2,1-4H3,(H,14,15). The van der Waals surface area contributed by atoms with E-state index in [1.54, 1.807) is 0 Å². The molecule has 0 aromatic rings. The van der Waals surface area contributed by atoms with Gasteiger partial charge in [-0.05, 0) is 38.3 Å². The van der Waals surface area contributed by atoms with Gasteiger partial charge in [0.2, 0.25) is 5.91 Å². The zero-order valence-corrected chi connectivity index (χ0v) is 11.8. The maximum atomic E-state index is 11.5. The summed E-state index contributed by atoms with van der Waals surface area (Å²) < 4.78 is 0. The SMILES string of the molecule is CSCCC(C)NC(=O)CCCNC(C)C. The summed E-state index contributed by atoms with van der Waals surface area (Å²) in [6, 6.07) is 0.807. The highest BCUT2D eigenvalue weighted by Crippen LogP contribution is 2.00. The summed E-state index contributed by atoms with van der Waals surface area (Å²) in [6.07, 6.45) is 4.69. The lowest BCUT2D eigenvalue weighted by Gasteiger charge is -2.13. The van der Waals surface area contributed by atoms with Gasteiger partial charge in [0.25, 0.3) is 0 Å². The molecule has 2 N–H and O–H groups in total. The van der Waals surface area contributed by atoms with Crippen molar-refractivity contribution in [3.63, 3.8) is 0 Å². The molecule has 4 heteroatoms. The average Bonchev–Trinajstić information content (AvgIpc) is 2.21. The Balaban J connectivity index is 3.43. The van der Waals surface area contributed by atoms with E-state index in [0.717, 1.165) is 25.1 Å². The summed E-state index contributed by atoms with van der Waals surface area (Å²) in [4.78, 5) is 11.5. The lowest BCUT2D eigenvalue weighted by atomic mass is 10.2. The number of rotatable bonds is 9. The summed E-state index contributed by atoms with van der Waals surface area (Å²) in [6.45, 7) is 7.22. The van der Waals surface area contributed by atoms with Crippen molar-refractivity contribution in [2.75, 3.05) is 18.6 Å². The van der Waals surface area contributed by atoms with Gasteiger partial charge in [-0.3, -0.25) is 4.79 Å². The molecule has 0 aliphatic carbocycles. The highest BCUT2D eigenvalue weighted by atomic mass is 32.2. The van der Waals surface area contributed by atoms with E-state index in [1.807, 2.05) is 11.8 Å². The van der Waals surface area contributed by atoms with Gasteiger partial charge in [0.15, 0.2) is 0 Å². The highest BCUT2D eigenvalue weighted by molar-refractivity contribution is 7.98. The van der Waals surface area contributed by atoms with E-state index in [2.05, 4.69) is 37.7 Å². The van der Waals surface area contributed by atoms with Crippen LogP contribution >= 0.6 is 11.8 Å². The third kappa shape index (κ3) is 10.3. The molecule has 0 bridgehead atoms. The molecule has 1 amide bonds. The van der Waals surface area contributed by atoms with Gasteiger partial charge in [-0.15, -0.1) is 0 Å². The minimum Gasteiger partial charge on any atom is -0.354 e. The van der Waals surface area contributed by atoms with Crippen molar-refractivity contribution in [1.82, 2.24) is 10.6 Å². The molecule has 0 spiro atoms. The first-order valence-electron chi connectivity index (χ1n) is 6.08. The van der Waals surface area contributed by atoms with Crippen LogP contribution in [0.4, 0.5) is 0 Å². The maximum absolute atomic E-state index is 11.5. The second-order valence-corrected chi connectivity index (χ2v) is 5.45. The number of amides is 1. The zero-order chi connectivity index (χ0) is 12.4. The fraction of sp³-hybridized carbons (Fsp3) is 0.917. The topological polar surface area (TPSA) is 41.1 Å². The Bertz CT molecular complexity index is 186. The van der Waals surface area contributed by atoms with Crippen LogP contribution in [0.1, 0.15) is 40.0 Å². The Morgan fingerprint density at radius 3 is 2.56 bits per heavy atom. The predicted molar refractivity (Wildman–Crippen MR) is 73.0 cm³/mol. The molecule has 3 nitrogen and oxygen atoms in total. The van der Waals surface area contributed by atoms with Crippen molar-refractivity contribution >= 4 is 17.7 Å². The summed E-state index contributed by atoms with van der Waals surface area (Å²) in [5.74, 6) is 1.29. The van der Waals surface area contributed by atoms with Crippen LogP contribution in [0.3, 0.4) is 0 Å². The van der Waals surface area contributed by atoms with Gasteiger partial charge in [-0.1, -0.05) is 13.8 Å². The van der Waals surface area contributed by atoms with Gasteiger partial charge in [0, 0.05) is 18.5 Å². The molecule has 0 heterocycles. The predicted octanol–water partition coefficient (Wildman–Crippen LogP) is 2.02. The number of carbonyl (C=O) groups is 1. The second kappa shape index (κ2) is 9.97. The molecular weight excluding hydrogens is 220 g/mol. The van der Waals surface area contributed by atoms with Gasteiger partial charge in [-0.25, -0.2) is 0 Å². The molecule has 96 valence electrons. The molecule has 0 radical (unpaired) electrons. The Kier molecular flexibility index (Phi) is 9.83. The lowest BCUT2D eigenvalue weighted by Crippen LogP contribution is -2.33. The van der Waals surface area contributed by atoms with E-state index < -0.39 is 0 Å². The lowest BCUT2D eigenvalue weighted by molar-refractivity contribution is -0.121. The third-order valence-corrected chi connectivity index (χ3v) is 2.94. The fourth-order valence-corrected chi connectivity index (χ4v) is 1.94. The van der Waals surface area contributed by atoms with E-state index in [4.69, 9.17) is 0 Å². The molecule has 0 aliphatic heterocycles. The molecule has 0 saturated carbocycles. The molecule has 0 aromatic carbocycles. The van der Waals surface area contributed by atoms with Gasteiger partial charge >= 0.3 is 0 Å². The van der Waals surface area contributed by atoms with E-state index >= 15 is 0 Å². The normalized spacial score (nSPS) is 12.8. The summed E-state index contributed by atoms with van der Waals surface area (Å²) >= 11 is 1.82. The largest absolute Gasteiger partial charge is 0.354 e. The minimum absolute atomic E-state index is 0.180. The number of thioether (sulfide) groups is 1. The van der Waals surface area contributed by atoms with Crippen LogP contribution in [0.2, 0.25) is 0 Å². The molecule has 1 unspecified atom stereocenters. The first kappa shape index (κ1) is 15.8. The van der Waals surface area contributed by atoms with Crippen LogP contribution < -0.4 is 10.6 Å². The fourth-order valence-electron chi connectivity index (χ4n) is 1.35. The number of carbonyl (C=O) groups excluding carboxylic acids is 1. The Labute approximate surface area is 104 Å². The number of hydrogen-bond acceptors (Lipinski definition) is 3. The van der Waals surface area contributed by atoms with Crippen LogP contribution in [0.15, 0.2) is 0 Å². The second-order valence-electron chi connectivity index (χ2n) is 4.46. The molecule has 16 heavy (non-hydrogen) atoms. The monoisotopic (exact) mass is 246 g/mol. The third-order valence-electron chi connectivity index (χ3n) is 2.30. The van der Waals surface area contributed by atoms with Crippen molar-refractivity contribution < 1.29 is 4.79 Å². The van der Waals surface area contributed by atoms with Crippen LogP contribution in [0.25, 0.3) is 0 Å². The van der Waals surface area contributed by atoms with Crippen LogP contribution in [0, 0.1) is 0 Å². The Morgan fingerprint density at radius 2 is 2.00 bits per heavy atom. The van der Waals surface area contributed by atoms with Crippen LogP contribution in [-0.4, -0.2) is 36.5 Å². The molecule has 0 aromatic heterocycles. The zero-order valence-electron chi connectivity index (χ0n) is 11.0. The minimum atomic E-state index is 0.180. The molecule has 0 fully saturated rings. The summed E-state index contributed by atoms with van der Waals surface area (Å²) in [7, 11) is 0. The van der Waals surface area contributed by atoms with Gasteiger partial charge in [0.1, 0.15) is 0 Å². The number of hydrogen-bond donors (Lipinski definition) is 2. The van der Waals surface area contributed by atoms with Crippen molar-refractivity contribution in [1.29, 1.82) is 0 Å². The molecular formula is C12H26N2OS. The highest BCUT2D eigenvalue weighted by Gasteiger charge is 2.06. The number of nitrogens with one attached hydrogen (secondary N) is 2. The van der Waals surface area contributed by atoms with Gasteiger partial charge < -0.3 is 10.6 Å². The van der Waals surface area contributed by atoms with Crippen molar-refractivity contribution in [2.45, 2.75) is 52.1 Å². The van der Waals surface area contributed by atoms with Crippen molar-refractivity contribution in [3.05, 3.63) is 0 Å². The molecule has 0 saturated heterocycles. The smallest absolute Gasteiger partial charge is 0.220 e. The van der Waals surface area contributed by atoms with Crippen molar-refractivity contribution in [3.8, 4) is 0 Å². The molecule has 0 aliphatic rings. The molecule has 1 atom stereocenters. The first-order valence-corrected chi connectivity index (χ1v) is 7.47. The van der Waals surface area contributed by atoms with Gasteiger partial charge in [-0.2, -0.15) is 11.8 Å². The van der Waals surface area contributed by atoms with Crippen LogP contribution in [-0.2, 0) is 4.79 Å². The van der Waals surface area contributed by atoms with E-state index in [1.165, 1.54) is 0 Å². The van der Waals surface area contributed by atoms with E-state index in [0.29, 0.717) is 18.5 Å². The quantitative estimate of drug-likeness (QED) is 0.612. The maximum Gasteiger partial charge on any atom is 0.220 e. The van der Waals surface area contributed by atoms with E-state index in [-0.39, 0.29) is 5.91 Å². The Morgan fingerprint density at radius 1 is 1.31 bits per heavy atom. The average molecular weight is 246 g/mol. The van der Waals surface area contributed by atoms with E-state index in [9.17, 15) is 4.79 Å². The van der Waals surface area contributed by atoms with Crippen LogP contribution in [0.5, 0.6) is 0 Å². The molecule has 0 rings (SSSR count). The van der Waals surface area contributed by atoms with Gasteiger partial charge in [0.05, 0.1) is 0 Å². The summed E-state index contributed by atoms with van der Waals surface area (Å²) in [5.41, 5.74) is 0. The van der Waals surface area contributed by atoms with Crippen molar-refractivity contribution in [2.24, 2.45) is 0 Å².